The van der Waals surface area contributed by atoms with Crippen LogP contribution in [0.2, 0.25) is 0 Å². The molecule has 0 radical (unpaired) electrons. The second-order valence-electron chi connectivity index (χ2n) is 6.54. The normalized spacial score (nSPS) is 11.2. The van der Waals surface area contributed by atoms with E-state index in [0.717, 1.165) is 27.5 Å². The molecule has 7 heteroatoms. The smallest absolute Gasteiger partial charge is 0.259 e. The molecule has 28 heavy (non-hydrogen) atoms. The van der Waals surface area contributed by atoms with Crippen molar-refractivity contribution in [2.45, 2.75) is 6.92 Å². The highest BCUT2D eigenvalue weighted by Gasteiger charge is 2.16. The van der Waals surface area contributed by atoms with Crippen molar-refractivity contribution >= 4 is 33.4 Å². The van der Waals surface area contributed by atoms with Crippen LogP contribution in [0.4, 0.5) is 5.69 Å². The lowest BCUT2D eigenvalue weighted by atomic mass is 10.2. The van der Waals surface area contributed by atoms with Gasteiger partial charge in [0.2, 0.25) is 0 Å². The van der Waals surface area contributed by atoms with Crippen LogP contribution in [0, 0.1) is 6.92 Å². The average Bonchev–Trinajstić information content (AvgIpc) is 3.33. The molecule has 5 aromatic rings. The van der Waals surface area contributed by atoms with Gasteiger partial charge in [-0.2, -0.15) is 10.2 Å². The molecule has 136 valence electrons. The Balaban J connectivity index is 1.45. The summed E-state index contributed by atoms with van der Waals surface area (Å²) in [5.41, 5.74) is 3.67. The number of carbonyl (C=O) groups is 1. The van der Waals surface area contributed by atoms with Crippen LogP contribution >= 0.6 is 0 Å². The van der Waals surface area contributed by atoms with Crippen LogP contribution in [-0.4, -0.2) is 30.9 Å². The Morgan fingerprint density at radius 1 is 1.04 bits per heavy atom. The minimum Gasteiger partial charge on any atom is -0.322 e. The molecule has 2 aromatic carbocycles. The Hall–Kier alpha value is -4.00. The van der Waals surface area contributed by atoms with Crippen molar-refractivity contribution in [3.8, 4) is 5.82 Å². The second-order valence-corrected chi connectivity index (χ2v) is 6.54. The summed E-state index contributed by atoms with van der Waals surface area (Å²) in [5.74, 6) is 0.456. The number of rotatable bonds is 3. The molecule has 0 bridgehead atoms. The molecule has 1 amide bonds. The Morgan fingerprint density at radius 3 is 2.82 bits per heavy atom. The van der Waals surface area contributed by atoms with Gasteiger partial charge in [-0.1, -0.05) is 18.2 Å². The molecule has 3 heterocycles. The number of hydrogen-bond acceptors (Lipinski definition) is 4. The average molecular weight is 368 g/mol. The summed E-state index contributed by atoms with van der Waals surface area (Å²) in [6.07, 6.45) is 3.31. The molecule has 5 rings (SSSR count). The van der Waals surface area contributed by atoms with Gasteiger partial charge in [0.1, 0.15) is 0 Å². The van der Waals surface area contributed by atoms with E-state index in [-0.39, 0.29) is 5.91 Å². The number of aromatic amines is 1. The van der Waals surface area contributed by atoms with Crippen molar-refractivity contribution < 1.29 is 4.79 Å². The highest BCUT2D eigenvalue weighted by Crippen LogP contribution is 2.20. The Bertz CT molecular complexity index is 1330. The highest BCUT2D eigenvalue weighted by molar-refractivity contribution is 6.05. The molecule has 0 fully saturated rings. The van der Waals surface area contributed by atoms with Gasteiger partial charge in [0, 0.05) is 16.5 Å². The third kappa shape index (κ3) is 2.69. The quantitative estimate of drug-likeness (QED) is 0.506. The standard InChI is InChI=1S/C21H16N6O/c1-13-17(21(28)24-16-8-6-15-11-22-26-19(15)10-16)12-23-27(13)20-9-7-14-4-2-3-5-18(14)25-20/h2-12H,1H3,(H,22,26)(H,24,28). The summed E-state index contributed by atoms with van der Waals surface area (Å²) < 4.78 is 1.68. The minimum absolute atomic E-state index is 0.219. The van der Waals surface area contributed by atoms with E-state index >= 15 is 0 Å². The predicted octanol–water partition coefficient (Wildman–Crippen LogP) is 3.86. The first kappa shape index (κ1) is 16.2. The molecule has 0 saturated carbocycles. The lowest BCUT2D eigenvalue weighted by Gasteiger charge is -2.07. The lowest BCUT2D eigenvalue weighted by molar-refractivity contribution is 0.102. The van der Waals surface area contributed by atoms with Crippen molar-refractivity contribution in [1.29, 1.82) is 0 Å². The van der Waals surface area contributed by atoms with Crippen LogP contribution in [0.15, 0.2) is 67.0 Å². The summed E-state index contributed by atoms with van der Waals surface area (Å²) in [6.45, 7) is 1.86. The summed E-state index contributed by atoms with van der Waals surface area (Å²) >= 11 is 0. The van der Waals surface area contributed by atoms with Crippen LogP contribution in [-0.2, 0) is 0 Å². The van der Waals surface area contributed by atoms with Gasteiger partial charge in [0.05, 0.1) is 34.7 Å². The Morgan fingerprint density at radius 2 is 1.89 bits per heavy atom. The number of carbonyl (C=O) groups excluding carboxylic acids is 1. The molecular weight excluding hydrogens is 352 g/mol. The zero-order chi connectivity index (χ0) is 19.1. The van der Waals surface area contributed by atoms with Gasteiger partial charge in [0.15, 0.2) is 5.82 Å². The molecule has 0 spiro atoms. The number of anilines is 1. The van der Waals surface area contributed by atoms with Crippen molar-refractivity contribution in [2.24, 2.45) is 0 Å². The van der Waals surface area contributed by atoms with Crippen molar-refractivity contribution in [2.75, 3.05) is 5.32 Å². The number of para-hydroxylation sites is 1. The third-order valence-electron chi connectivity index (χ3n) is 4.75. The monoisotopic (exact) mass is 368 g/mol. The van der Waals surface area contributed by atoms with Crippen molar-refractivity contribution in [3.63, 3.8) is 0 Å². The molecule has 3 aromatic heterocycles. The second kappa shape index (κ2) is 6.31. The zero-order valence-corrected chi connectivity index (χ0v) is 15.0. The maximum Gasteiger partial charge on any atom is 0.259 e. The van der Waals surface area contributed by atoms with Crippen molar-refractivity contribution in [1.82, 2.24) is 25.0 Å². The minimum atomic E-state index is -0.219. The molecule has 0 atom stereocenters. The Kier molecular flexibility index (Phi) is 3.65. The van der Waals surface area contributed by atoms with E-state index in [2.05, 4.69) is 25.6 Å². The molecule has 0 aliphatic carbocycles. The molecule has 7 nitrogen and oxygen atoms in total. The summed E-state index contributed by atoms with van der Waals surface area (Å²) in [5, 5.41) is 16.2. The van der Waals surface area contributed by atoms with Crippen LogP contribution in [0.25, 0.3) is 27.6 Å². The first-order valence-electron chi connectivity index (χ1n) is 8.84. The summed E-state index contributed by atoms with van der Waals surface area (Å²) in [6, 6.07) is 17.4. The van der Waals surface area contributed by atoms with E-state index in [9.17, 15) is 4.79 Å². The van der Waals surface area contributed by atoms with E-state index in [1.165, 1.54) is 0 Å². The fourth-order valence-electron chi connectivity index (χ4n) is 3.25. The molecule has 0 aliphatic heterocycles. The lowest BCUT2D eigenvalue weighted by Crippen LogP contribution is -2.13. The zero-order valence-electron chi connectivity index (χ0n) is 15.0. The number of nitrogens with zero attached hydrogens (tertiary/aromatic N) is 4. The van der Waals surface area contributed by atoms with Gasteiger partial charge in [0.25, 0.3) is 5.91 Å². The van der Waals surface area contributed by atoms with Gasteiger partial charge in [-0.05, 0) is 43.3 Å². The van der Waals surface area contributed by atoms with E-state index < -0.39 is 0 Å². The van der Waals surface area contributed by atoms with E-state index in [1.807, 2.05) is 61.5 Å². The van der Waals surface area contributed by atoms with Crippen LogP contribution in [0.1, 0.15) is 16.1 Å². The number of aromatic nitrogens is 5. The molecule has 0 saturated heterocycles. The molecular formula is C21H16N6O. The number of hydrogen-bond donors (Lipinski definition) is 2. The number of H-pyrrole nitrogens is 1. The maximum absolute atomic E-state index is 12.8. The molecule has 0 aliphatic rings. The van der Waals surface area contributed by atoms with Crippen LogP contribution in [0.5, 0.6) is 0 Å². The number of fused-ring (bicyclic) bond motifs is 2. The fourth-order valence-corrected chi connectivity index (χ4v) is 3.25. The van der Waals surface area contributed by atoms with Crippen LogP contribution in [0.3, 0.4) is 0 Å². The largest absolute Gasteiger partial charge is 0.322 e. The van der Waals surface area contributed by atoms with E-state index in [1.54, 1.807) is 17.1 Å². The van der Waals surface area contributed by atoms with Crippen molar-refractivity contribution in [3.05, 3.63) is 78.2 Å². The Labute approximate surface area is 160 Å². The topological polar surface area (TPSA) is 88.5 Å². The SMILES string of the molecule is Cc1c(C(=O)Nc2ccc3cn[nH]c3c2)cnn1-c1ccc2ccccc2n1. The van der Waals surface area contributed by atoms with Gasteiger partial charge in [-0.3, -0.25) is 9.89 Å². The van der Waals surface area contributed by atoms with Gasteiger partial charge in [-0.25, -0.2) is 9.67 Å². The highest BCUT2D eigenvalue weighted by atomic mass is 16.1. The van der Waals surface area contributed by atoms with Crippen LogP contribution < -0.4 is 5.32 Å². The summed E-state index contributed by atoms with van der Waals surface area (Å²) in [7, 11) is 0. The van der Waals surface area contributed by atoms with Gasteiger partial charge < -0.3 is 5.32 Å². The van der Waals surface area contributed by atoms with Gasteiger partial charge >= 0.3 is 0 Å². The number of pyridine rings is 1. The molecule has 2 N–H and O–H groups in total. The van der Waals surface area contributed by atoms with E-state index in [4.69, 9.17) is 0 Å². The number of nitrogens with one attached hydrogen (secondary N) is 2. The predicted molar refractivity (Wildman–Crippen MR) is 108 cm³/mol. The number of amides is 1. The molecule has 0 unspecified atom stereocenters. The first-order valence-corrected chi connectivity index (χ1v) is 8.84. The third-order valence-corrected chi connectivity index (χ3v) is 4.75. The first-order chi connectivity index (χ1) is 13.7. The van der Waals surface area contributed by atoms with Gasteiger partial charge in [-0.15, -0.1) is 0 Å². The fraction of sp³-hybridized carbons (Fsp3) is 0.0476. The number of benzene rings is 2. The maximum atomic E-state index is 12.8. The van der Waals surface area contributed by atoms with E-state index in [0.29, 0.717) is 17.1 Å². The summed E-state index contributed by atoms with van der Waals surface area (Å²) in [4.78, 5) is 17.4.